The minimum atomic E-state index is -0.0720. The van der Waals surface area contributed by atoms with Crippen molar-refractivity contribution in [2.24, 2.45) is 5.92 Å². The number of carbonyl (C=O) groups excluding carboxylic acids is 2. The molecule has 0 unspecified atom stereocenters. The average molecular weight is 213 g/mol. The van der Waals surface area contributed by atoms with Crippen LogP contribution in [0.5, 0.6) is 0 Å². The van der Waals surface area contributed by atoms with Crippen molar-refractivity contribution in [3.63, 3.8) is 0 Å². The quantitative estimate of drug-likeness (QED) is 0.644. The predicted molar refractivity (Wildman–Crippen MR) is 57.3 cm³/mol. The Balaban J connectivity index is 2.26. The van der Waals surface area contributed by atoms with Gasteiger partial charge < -0.3 is 15.5 Å². The Labute approximate surface area is 90.2 Å². The number of amides is 2. The van der Waals surface area contributed by atoms with Gasteiger partial charge in [-0.1, -0.05) is 0 Å². The minimum absolute atomic E-state index is 0.00620. The second-order valence-corrected chi connectivity index (χ2v) is 4.03. The Kier molecular flexibility index (Phi) is 4.55. The molecule has 86 valence electrons. The Morgan fingerprint density at radius 2 is 1.93 bits per heavy atom. The molecule has 1 fully saturated rings. The van der Waals surface area contributed by atoms with E-state index in [9.17, 15) is 9.59 Å². The van der Waals surface area contributed by atoms with Crippen LogP contribution in [0, 0.1) is 5.92 Å². The van der Waals surface area contributed by atoms with Crippen molar-refractivity contribution in [2.75, 3.05) is 33.7 Å². The molecule has 0 atom stereocenters. The van der Waals surface area contributed by atoms with Crippen LogP contribution >= 0.6 is 0 Å². The summed E-state index contributed by atoms with van der Waals surface area (Å²) in [5, 5.41) is 5.87. The van der Waals surface area contributed by atoms with Gasteiger partial charge in [0, 0.05) is 20.0 Å². The Morgan fingerprint density at radius 1 is 1.33 bits per heavy atom. The van der Waals surface area contributed by atoms with E-state index < -0.39 is 0 Å². The van der Waals surface area contributed by atoms with Crippen LogP contribution in [-0.4, -0.2) is 50.4 Å². The molecule has 2 N–H and O–H groups in total. The Morgan fingerprint density at radius 3 is 2.47 bits per heavy atom. The number of likely N-dealkylation sites (N-methyl/N-ethyl adjacent to an activating group) is 1. The summed E-state index contributed by atoms with van der Waals surface area (Å²) in [7, 11) is 3.36. The van der Waals surface area contributed by atoms with Crippen molar-refractivity contribution in [1.82, 2.24) is 15.5 Å². The van der Waals surface area contributed by atoms with Gasteiger partial charge in [-0.3, -0.25) is 9.59 Å². The summed E-state index contributed by atoms with van der Waals surface area (Å²) in [6, 6.07) is 0. The summed E-state index contributed by atoms with van der Waals surface area (Å²) < 4.78 is 0. The van der Waals surface area contributed by atoms with E-state index in [1.165, 1.54) is 4.90 Å². The van der Waals surface area contributed by atoms with Crippen LogP contribution in [0.25, 0.3) is 0 Å². The van der Waals surface area contributed by atoms with Crippen molar-refractivity contribution in [3.05, 3.63) is 0 Å². The van der Waals surface area contributed by atoms with Crippen molar-refractivity contribution >= 4 is 11.8 Å². The average Bonchev–Trinajstić information content (AvgIpc) is 2.26. The molecule has 1 rings (SSSR count). The summed E-state index contributed by atoms with van der Waals surface area (Å²) >= 11 is 0. The van der Waals surface area contributed by atoms with Crippen LogP contribution in [0.15, 0.2) is 0 Å². The number of rotatable bonds is 3. The zero-order valence-electron chi connectivity index (χ0n) is 9.38. The fourth-order valence-electron chi connectivity index (χ4n) is 1.55. The normalized spacial score (nSPS) is 17.2. The first-order chi connectivity index (χ1) is 7.11. The maximum Gasteiger partial charge on any atom is 0.241 e. The second kappa shape index (κ2) is 5.70. The third kappa shape index (κ3) is 3.87. The van der Waals surface area contributed by atoms with Crippen LogP contribution in [-0.2, 0) is 9.59 Å². The molecular weight excluding hydrogens is 194 g/mol. The molecule has 2 amide bonds. The highest BCUT2D eigenvalue weighted by atomic mass is 16.2. The van der Waals surface area contributed by atoms with Gasteiger partial charge in [0.05, 0.1) is 6.54 Å². The monoisotopic (exact) mass is 213 g/mol. The highest BCUT2D eigenvalue weighted by Gasteiger charge is 2.21. The standard InChI is InChI=1S/C10H19N3O2/c1-13(2)9(14)7-12-10(15)8-3-5-11-6-4-8/h8,11H,3-7H2,1-2H3,(H,12,15). The number of hydrogen-bond acceptors (Lipinski definition) is 3. The predicted octanol–water partition coefficient (Wildman–Crippen LogP) is -0.810. The van der Waals surface area contributed by atoms with E-state index in [4.69, 9.17) is 0 Å². The summed E-state index contributed by atoms with van der Waals surface area (Å²) in [6.45, 7) is 1.88. The molecule has 0 saturated carbocycles. The molecule has 5 nitrogen and oxygen atoms in total. The van der Waals surface area contributed by atoms with E-state index in [0.29, 0.717) is 0 Å². The van der Waals surface area contributed by atoms with Crippen molar-refractivity contribution in [1.29, 1.82) is 0 Å². The van der Waals surface area contributed by atoms with E-state index in [-0.39, 0.29) is 24.3 Å². The first-order valence-corrected chi connectivity index (χ1v) is 5.30. The van der Waals surface area contributed by atoms with E-state index in [1.54, 1.807) is 14.1 Å². The summed E-state index contributed by atoms with van der Waals surface area (Å²) in [6.07, 6.45) is 1.73. The maximum absolute atomic E-state index is 11.6. The molecule has 0 spiro atoms. The molecule has 1 saturated heterocycles. The SMILES string of the molecule is CN(C)C(=O)CNC(=O)C1CCNCC1. The number of piperidine rings is 1. The highest BCUT2D eigenvalue weighted by molar-refractivity contribution is 5.85. The van der Waals surface area contributed by atoms with Crippen LogP contribution in [0.1, 0.15) is 12.8 Å². The van der Waals surface area contributed by atoms with E-state index in [2.05, 4.69) is 10.6 Å². The largest absolute Gasteiger partial charge is 0.347 e. The van der Waals surface area contributed by atoms with Gasteiger partial charge in [-0.2, -0.15) is 0 Å². The van der Waals surface area contributed by atoms with Crippen LogP contribution in [0.2, 0.25) is 0 Å². The van der Waals surface area contributed by atoms with Gasteiger partial charge in [0.2, 0.25) is 11.8 Å². The number of nitrogens with one attached hydrogen (secondary N) is 2. The first-order valence-electron chi connectivity index (χ1n) is 5.30. The lowest BCUT2D eigenvalue weighted by Gasteiger charge is -2.22. The first kappa shape index (κ1) is 12.0. The zero-order chi connectivity index (χ0) is 11.3. The molecular formula is C10H19N3O2. The summed E-state index contributed by atoms with van der Waals surface area (Å²) in [5.41, 5.74) is 0. The molecule has 5 heteroatoms. The van der Waals surface area contributed by atoms with Crippen molar-refractivity contribution in [3.8, 4) is 0 Å². The molecule has 0 bridgehead atoms. The van der Waals surface area contributed by atoms with Gasteiger partial charge in [-0.05, 0) is 25.9 Å². The molecule has 0 aromatic carbocycles. The molecule has 1 heterocycles. The highest BCUT2D eigenvalue weighted by Crippen LogP contribution is 2.10. The molecule has 0 aromatic rings. The van der Waals surface area contributed by atoms with Crippen LogP contribution in [0.3, 0.4) is 0 Å². The Bertz CT molecular complexity index is 235. The third-order valence-electron chi connectivity index (χ3n) is 2.62. The minimum Gasteiger partial charge on any atom is -0.347 e. The zero-order valence-corrected chi connectivity index (χ0v) is 9.38. The van der Waals surface area contributed by atoms with Crippen molar-refractivity contribution in [2.45, 2.75) is 12.8 Å². The van der Waals surface area contributed by atoms with E-state index in [0.717, 1.165) is 25.9 Å². The van der Waals surface area contributed by atoms with Gasteiger partial charge in [0.15, 0.2) is 0 Å². The van der Waals surface area contributed by atoms with Crippen LogP contribution < -0.4 is 10.6 Å². The lowest BCUT2D eigenvalue weighted by atomic mass is 9.97. The molecule has 15 heavy (non-hydrogen) atoms. The Hall–Kier alpha value is -1.10. The van der Waals surface area contributed by atoms with Gasteiger partial charge in [0.25, 0.3) is 0 Å². The van der Waals surface area contributed by atoms with Crippen molar-refractivity contribution < 1.29 is 9.59 Å². The van der Waals surface area contributed by atoms with E-state index in [1.807, 2.05) is 0 Å². The van der Waals surface area contributed by atoms with Gasteiger partial charge in [0.1, 0.15) is 0 Å². The molecule has 0 aromatic heterocycles. The number of hydrogen-bond donors (Lipinski definition) is 2. The van der Waals surface area contributed by atoms with Gasteiger partial charge >= 0.3 is 0 Å². The number of nitrogens with zero attached hydrogens (tertiary/aromatic N) is 1. The van der Waals surface area contributed by atoms with Gasteiger partial charge in [-0.25, -0.2) is 0 Å². The summed E-state index contributed by atoms with van der Waals surface area (Å²) in [5.74, 6) is 0.00481. The topological polar surface area (TPSA) is 61.4 Å². The molecule has 0 radical (unpaired) electrons. The van der Waals surface area contributed by atoms with Crippen LogP contribution in [0.4, 0.5) is 0 Å². The molecule has 0 aliphatic carbocycles. The summed E-state index contributed by atoms with van der Waals surface area (Å²) in [4.78, 5) is 24.3. The second-order valence-electron chi connectivity index (χ2n) is 4.03. The molecule has 1 aliphatic rings. The third-order valence-corrected chi connectivity index (χ3v) is 2.62. The lowest BCUT2D eigenvalue weighted by molar-refractivity contribution is -0.132. The molecule has 1 aliphatic heterocycles. The van der Waals surface area contributed by atoms with Gasteiger partial charge in [-0.15, -0.1) is 0 Å². The number of carbonyl (C=O) groups is 2. The maximum atomic E-state index is 11.6. The fourth-order valence-corrected chi connectivity index (χ4v) is 1.55. The van der Waals surface area contributed by atoms with E-state index >= 15 is 0 Å². The smallest absolute Gasteiger partial charge is 0.241 e. The lowest BCUT2D eigenvalue weighted by Crippen LogP contribution is -2.42. The fraction of sp³-hybridized carbons (Fsp3) is 0.800.